The summed E-state index contributed by atoms with van der Waals surface area (Å²) in [5, 5.41) is 5.98. The van der Waals surface area contributed by atoms with Gasteiger partial charge in [0.25, 0.3) is 15.9 Å². The number of sulfonamides is 1. The molecule has 1 atom stereocenters. The third-order valence-corrected chi connectivity index (χ3v) is 7.53. The molecule has 0 aromatic heterocycles. The van der Waals surface area contributed by atoms with Gasteiger partial charge in [-0.1, -0.05) is 48.9 Å². The zero-order valence-corrected chi connectivity index (χ0v) is 21.4. The van der Waals surface area contributed by atoms with Gasteiger partial charge in [-0.2, -0.15) is 0 Å². The lowest BCUT2D eigenvalue weighted by Gasteiger charge is -2.26. The van der Waals surface area contributed by atoms with Crippen LogP contribution in [-0.2, 0) is 14.8 Å². The van der Waals surface area contributed by atoms with Crippen molar-refractivity contribution >= 4 is 44.8 Å². The molecule has 3 rings (SSSR count). The van der Waals surface area contributed by atoms with Gasteiger partial charge in [-0.25, -0.2) is 8.42 Å². The number of rotatable bonds is 9. The molecular weight excluding hydrogens is 486 g/mol. The second-order valence-electron chi connectivity index (χ2n) is 8.13. The van der Waals surface area contributed by atoms with E-state index >= 15 is 0 Å². The number of hydrogen-bond donors (Lipinski definition) is 2. The van der Waals surface area contributed by atoms with E-state index in [1.807, 2.05) is 13.8 Å². The largest absolute Gasteiger partial charge is 0.350 e. The van der Waals surface area contributed by atoms with Crippen molar-refractivity contribution < 1.29 is 18.0 Å². The van der Waals surface area contributed by atoms with E-state index in [2.05, 4.69) is 10.6 Å². The molecule has 35 heavy (non-hydrogen) atoms. The summed E-state index contributed by atoms with van der Waals surface area (Å²) in [6, 6.07) is 19.2. The summed E-state index contributed by atoms with van der Waals surface area (Å²) >= 11 is 5.93. The lowest BCUT2D eigenvalue weighted by molar-refractivity contribution is -0.114. The Morgan fingerprint density at radius 2 is 1.60 bits per heavy atom. The summed E-state index contributed by atoms with van der Waals surface area (Å²) in [5.41, 5.74) is 1.66. The molecule has 0 unspecified atom stereocenters. The Morgan fingerprint density at radius 1 is 0.971 bits per heavy atom. The number of benzene rings is 3. The van der Waals surface area contributed by atoms with Crippen LogP contribution in [0.4, 0.5) is 11.4 Å². The molecule has 3 aromatic carbocycles. The Hall–Kier alpha value is -3.36. The van der Waals surface area contributed by atoms with Crippen molar-refractivity contribution in [1.82, 2.24) is 5.32 Å². The van der Waals surface area contributed by atoms with E-state index < -0.39 is 22.5 Å². The third kappa shape index (κ3) is 6.41. The third-order valence-electron chi connectivity index (χ3n) is 5.51. The topological polar surface area (TPSA) is 95.6 Å². The van der Waals surface area contributed by atoms with Gasteiger partial charge >= 0.3 is 0 Å². The highest BCUT2D eigenvalue weighted by Crippen LogP contribution is 2.27. The monoisotopic (exact) mass is 513 g/mol. The average Bonchev–Trinajstić information content (AvgIpc) is 2.83. The van der Waals surface area contributed by atoms with E-state index in [4.69, 9.17) is 11.6 Å². The zero-order chi connectivity index (χ0) is 25.6. The molecule has 3 aromatic rings. The van der Waals surface area contributed by atoms with Crippen LogP contribution >= 0.6 is 11.6 Å². The van der Waals surface area contributed by atoms with Crippen LogP contribution in [0, 0.1) is 6.92 Å². The average molecular weight is 514 g/mol. The molecule has 0 spiro atoms. The summed E-state index contributed by atoms with van der Waals surface area (Å²) in [6.07, 6.45) is 0.758. The SMILES string of the molecule is CC[C@H](C)NC(=O)c1ccccc1NC(=O)CN(c1ccccc1C)S(=O)(=O)c1ccc(Cl)cc1. The Labute approximate surface area is 211 Å². The van der Waals surface area contributed by atoms with Gasteiger partial charge in [-0.3, -0.25) is 13.9 Å². The van der Waals surface area contributed by atoms with Gasteiger partial charge in [0.1, 0.15) is 6.54 Å². The standard InChI is InChI=1S/C26H28ClN3O4S/c1-4-19(3)28-26(32)22-10-6-7-11-23(22)29-25(31)17-30(24-12-8-5-9-18(24)2)35(33,34)21-15-13-20(27)14-16-21/h5-16,19H,4,17H2,1-3H3,(H,28,32)(H,29,31)/t19-/m0/s1. The van der Waals surface area contributed by atoms with Gasteiger partial charge in [0.15, 0.2) is 0 Å². The molecule has 184 valence electrons. The first kappa shape index (κ1) is 26.2. The van der Waals surface area contributed by atoms with E-state index in [9.17, 15) is 18.0 Å². The molecule has 0 bridgehead atoms. The highest BCUT2D eigenvalue weighted by molar-refractivity contribution is 7.92. The van der Waals surface area contributed by atoms with Crippen molar-refractivity contribution in [3.63, 3.8) is 0 Å². The molecule has 0 aliphatic rings. The second kappa shape index (κ2) is 11.4. The summed E-state index contributed by atoms with van der Waals surface area (Å²) in [6.45, 7) is 5.13. The normalized spacial score (nSPS) is 12.0. The minimum Gasteiger partial charge on any atom is -0.350 e. The molecule has 9 heteroatoms. The van der Waals surface area contributed by atoms with Crippen LogP contribution in [0.15, 0.2) is 77.7 Å². The van der Waals surface area contributed by atoms with Crippen LogP contribution in [0.2, 0.25) is 5.02 Å². The van der Waals surface area contributed by atoms with E-state index in [1.54, 1.807) is 55.5 Å². The van der Waals surface area contributed by atoms with Gasteiger partial charge in [-0.15, -0.1) is 0 Å². The van der Waals surface area contributed by atoms with E-state index in [0.29, 0.717) is 27.5 Å². The number of hydrogen-bond acceptors (Lipinski definition) is 4. The van der Waals surface area contributed by atoms with Gasteiger partial charge in [-0.05, 0) is 68.3 Å². The first-order valence-electron chi connectivity index (χ1n) is 11.2. The van der Waals surface area contributed by atoms with Crippen molar-refractivity contribution in [3.05, 3.63) is 88.9 Å². The maximum Gasteiger partial charge on any atom is 0.264 e. The Morgan fingerprint density at radius 3 is 2.26 bits per heavy atom. The Bertz CT molecular complexity index is 1310. The molecule has 0 saturated heterocycles. The van der Waals surface area contributed by atoms with Crippen LogP contribution in [0.1, 0.15) is 36.2 Å². The fraction of sp³-hybridized carbons (Fsp3) is 0.231. The number of carbonyl (C=O) groups excluding carboxylic acids is 2. The minimum atomic E-state index is -4.09. The highest BCUT2D eigenvalue weighted by Gasteiger charge is 2.28. The Balaban J connectivity index is 1.93. The zero-order valence-electron chi connectivity index (χ0n) is 19.8. The summed E-state index contributed by atoms with van der Waals surface area (Å²) in [4.78, 5) is 25.8. The number of nitrogens with zero attached hydrogens (tertiary/aromatic N) is 1. The van der Waals surface area contributed by atoms with E-state index in [-0.39, 0.29) is 16.8 Å². The van der Waals surface area contributed by atoms with Crippen molar-refractivity contribution in [2.24, 2.45) is 0 Å². The quantitative estimate of drug-likeness (QED) is 0.420. The first-order valence-corrected chi connectivity index (χ1v) is 13.0. The lowest BCUT2D eigenvalue weighted by Crippen LogP contribution is -2.39. The Kier molecular flexibility index (Phi) is 8.53. The van der Waals surface area contributed by atoms with Crippen molar-refractivity contribution in [2.45, 2.75) is 38.1 Å². The predicted octanol–water partition coefficient (Wildman–Crippen LogP) is 5.01. The van der Waals surface area contributed by atoms with Crippen LogP contribution in [0.25, 0.3) is 0 Å². The number of amides is 2. The van der Waals surface area contributed by atoms with Gasteiger partial charge in [0, 0.05) is 11.1 Å². The molecule has 7 nitrogen and oxygen atoms in total. The smallest absolute Gasteiger partial charge is 0.264 e. The molecule has 0 radical (unpaired) electrons. The maximum atomic E-state index is 13.6. The number of nitrogens with one attached hydrogen (secondary N) is 2. The second-order valence-corrected chi connectivity index (χ2v) is 10.4. The number of anilines is 2. The number of halogens is 1. The number of aryl methyl sites for hydroxylation is 1. The minimum absolute atomic E-state index is 0.00582. The first-order chi connectivity index (χ1) is 16.6. The molecule has 2 N–H and O–H groups in total. The van der Waals surface area contributed by atoms with E-state index in [0.717, 1.165) is 10.7 Å². The maximum absolute atomic E-state index is 13.6. The molecule has 0 aliphatic heterocycles. The van der Waals surface area contributed by atoms with Crippen LogP contribution < -0.4 is 14.9 Å². The van der Waals surface area contributed by atoms with Crippen molar-refractivity contribution in [3.8, 4) is 0 Å². The summed E-state index contributed by atoms with van der Waals surface area (Å²) in [7, 11) is -4.09. The molecular formula is C26H28ClN3O4S. The molecule has 0 aliphatic carbocycles. The van der Waals surface area contributed by atoms with Crippen LogP contribution in [0.5, 0.6) is 0 Å². The van der Waals surface area contributed by atoms with Gasteiger partial charge in [0.05, 0.1) is 21.8 Å². The fourth-order valence-electron chi connectivity index (χ4n) is 3.39. The van der Waals surface area contributed by atoms with Crippen LogP contribution in [0.3, 0.4) is 0 Å². The van der Waals surface area contributed by atoms with Gasteiger partial charge in [0.2, 0.25) is 5.91 Å². The fourth-order valence-corrected chi connectivity index (χ4v) is 5.00. The summed E-state index contributed by atoms with van der Waals surface area (Å²) in [5.74, 6) is -0.908. The van der Waals surface area contributed by atoms with E-state index in [1.165, 1.54) is 24.3 Å². The molecule has 0 heterocycles. The molecule has 2 amide bonds. The molecule has 0 saturated carbocycles. The van der Waals surface area contributed by atoms with Crippen molar-refractivity contribution in [2.75, 3.05) is 16.2 Å². The van der Waals surface area contributed by atoms with Crippen LogP contribution in [-0.4, -0.2) is 32.8 Å². The highest BCUT2D eigenvalue weighted by atomic mass is 35.5. The lowest BCUT2D eigenvalue weighted by atomic mass is 10.1. The van der Waals surface area contributed by atoms with Crippen molar-refractivity contribution in [1.29, 1.82) is 0 Å². The summed E-state index contributed by atoms with van der Waals surface area (Å²) < 4.78 is 28.2. The number of carbonyl (C=O) groups is 2. The van der Waals surface area contributed by atoms with Gasteiger partial charge < -0.3 is 10.6 Å². The molecule has 0 fully saturated rings. The predicted molar refractivity (Wildman–Crippen MR) is 139 cm³/mol. The number of para-hydroxylation sites is 2.